The predicted molar refractivity (Wildman–Crippen MR) is 51.7 cm³/mol. The van der Waals surface area contributed by atoms with Crippen LogP contribution in [0.4, 0.5) is 13.2 Å². The highest BCUT2D eigenvalue weighted by Crippen LogP contribution is 2.27. The largest absolute Gasteiger partial charge is 0.433 e. The summed E-state index contributed by atoms with van der Waals surface area (Å²) in [7, 11) is 0. The molecule has 1 aromatic heterocycles. The third kappa shape index (κ3) is 3.35. The van der Waals surface area contributed by atoms with Gasteiger partial charge in [0.2, 0.25) is 6.19 Å². The maximum Gasteiger partial charge on any atom is 0.433 e. The van der Waals surface area contributed by atoms with E-state index >= 15 is 0 Å². The number of nitriles is 1. The lowest BCUT2D eigenvalue weighted by molar-refractivity contribution is -0.141. The molecule has 0 radical (unpaired) electrons. The summed E-state index contributed by atoms with van der Waals surface area (Å²) in [4.78, 5) is 6.76. The number of hydrogen-bond acceptors (Lipinski definition) is 3. The molecule has 0 atom stereocenters. The van der Waals surface area contributed by atoms with Gasteiger partial charge in [0, 0.05) is 18.3 Å². The summed E-state index contributed by atoms with van der Waals surface area (Å²) in [6.07, 6.45) is -1.36. The standard InChI is InChI=1S/C10H8F3N3/c1-7(16-6-14)4-8-2-3-9(15-5-8)10(11,12)13/h2-3,5H,4H2,1H3. The van der Waals surface area contributed by atoms with Crippen LogP contribution in [-0.2, 0) is 12.6 Å². The van der Waals surface area contributed by atoms with Gasteiger partial charge in [0.25, 0.3) is 0 Å². The third-order valence-electron chi connectivity index (χ3n) is 1.82. The van der Waals surface area contributed by atoms with Crippen molar-refractivity contribution in [2.45, 2.75) is 19.5 Å². The van der Waals surface area contributed by atoms with Crippen molar-refractivity contribution >= 4 is 5.71 Å². The zero-order valence-electron chi connectivity index (χ0n) is 8.41. The van der Waals surface area contributed by atoms with E-state index in [1.165, 1.54) is 6.07 Å². The summed E-state index contributed by atoms with van der Waals surface area (Å²) >= 11 is 0. The zero-order chi connectivity index (χ0) is 12.2. The molecule has 16 heavy (non-hydrogen) atoms. The van der Waals surface area contributed by atoms with Crippen LogP contribution in [0.15, 0.2) is 23.3 Å². The number of aromatic nitrogens is 1. The minimum Gasteiger partial charge on any atom is -0.251 e. The maximum atomic E-state index is 12.2. The first-order valence-electron chi connectivity index (χ1n) is 4.38. The molecule has 0 unspecified atom stereocenters. The Morgan fingerprint density at radius 3 is 2.62 bits per heavy atom. The van der Waals surface area contributed by atoms with Gasteiger partial charge in [-0.1, -0.05) is 6.07 Å². The van der Waals surface area contributed by atoms with Gasteiger partial charge in [-0.05, 0) is 18.6 Å². The Balaban J connectivity index is 2.81. The first-order chi connectivity index (χ1) is 7.43. The van der Waals surface area contributed by atoms with Crippen LogP contribution in [-0.4, -0.2) is 10.7 Å². The first-order valence-corrected chi connectivity index (χ1v) is 4.38. The summed E-state index contributed by atoms with van der Waals surface area (Å²) in [6.45, 7) is 1.63. The fourth-order valence-electron chi connectivity index (χ4n) is 1.12. The highest BCUT2D eigenvalue weighted by molar-refractivity contribution is 5.84. The lowest BCUT2D eigenvalue weighted by Crippen LogP contribution is -2.08. The summed E-state index contributed by atoms with van der Waals surface area (Å²) in [6, 6.07) is 2.24. The number of nitrogens with zero attached hydrogens (tertiary/aromatic N) is 3. The molecule has 0 bridgehead atoms. The second-order valence-corrected chi connectivity index (χ2v) is 3.17. The lowest BCUT2D eigenvalue weighted by atomic mass is 10.1. The predicted octanol–water partition coefficient (Wildman–Crippen LogP) is 2.58. The maximum absolute atomic E-state index is 12.2. The number of aliphatic imine (C=N–C) groups is 1. The van der Waals surface area contributed by atoms with Crippen LogP contribution in [0.25, 0.3) is 0 Å². The van der Waals surface area contributed by atoms with Gasteiger partial charge < -0.3 is 0 Å². The topological polar surface area (TPSA) is 49.0 Å². The highest BCUT2D eigenvalue weighted by Gasteiger charge is 2.31. The van der Waals surface area contributed by atoms with E-state index < -0.39 is 11.9 Å². The molecule has 0 aliphatic heterocycles. The summed E-state index contributed by atoms with van der Waals surface area (Å²) in [5, 5.41) is 8.26. The molecule has 0 aromatic carbocycles. The average molecular weight is 227 g/mol. The molecule has 1 heterocycles. The van der Waals surface area contributed by atoms with Crippen LogP contribution in [0.5, 0.6) is 0 Å². The van der Waals surface area contributed by atoms with Crippen LogP contribution in [0.2, 0.25) is 0 Å². The van der Waals surface area contributed by atoms with E-state index in [9.17, 15) is 13.2 Å². The average Bonchev–Trinajstić information content (AvgIpc) is 2.17. The fraction of sp³-hybridized carbons (Fsp3) is 0.300. The molecule has 0 saturated carbocycles. The van der Waals surface area contributed by atoms with Gasteiger partial charge in [0.05, 0.1) is 0 Å². The molecule has 1 rings (SSSR count). The van der Waals surface area contributed by atoms with Gasteiger partial charge in [-0.25, -0.2) is 0 Å². The Morgan fingerprint density at radius 2 is 2.19 bits per heavy atom. The van der Waals surface area contributed by atoms with Crippen molar-refractivity contribution in [2.75, 3.05) is 0 Å². The number of pyridine rings is 1. The molecule has 3 nitrogen and oxygen atoms in total. The second-order valence-electron chi connectivity index (χ2n) is 3.17. The number of hydrogen-bond donors (Lipinski definition) is 0. The van der Waals surface area contributed by atoms with Gasteiger partial charge in [-0.2, -0.15) is 23.4 Å². The van der Waals surface area contributed by atoms with Crippen molar-refractivity contribution in [3.63, 3.8) is 0 Å². The smallest absolute Gasteiger partial charge is 0.251 e. The molecule has 84 valence electrons. The summed E-state index contributed by atoms with van der Waals surface area (Å²) in [5.41, 5.74) is 0.194. The molecule has 0 amide bonds. The molecule has 0 fully saturated rings. The number of rotatable bonds is 2. The quantitative estimate of drug-likeness (QED) is 0.576. The zero-order valence-corrected chi connectivity index (χ0v) is 8.41. The fourth-order valence-corrected chi connectivity index (χ4v) is 1.12. The van der Waals surface area contributed by atoms with Crippen molar-refractivity contribution < 1.29 is 13.2 Å². The normalized spacial score (nSPS) is 12.3. The number of alkyl halides is 3. The van der Waals surface area contributed by atoms with Gasteiger partial charge in [-0.15, -0.1) is 0 Å². The van der Waals surface area contributed by atoms with Gasteiger partial charge >= 0.3 is 6.18 Å². The first kappa shape index (κ1) is 12.2. The third-order valence-corrected chi connectivity index (χ3v) is 1.82. The molecule has 0 N–H and O–H groups in total. The van der Waals surface area contributed by atoms with Crippen LogP contribution in [0, 0.1) is 11.5 Å². The molecule has 0 aliphatic rings. The summed E-state index contributed by atoms with van der Waals surface area (Å²) in [5.74, 6) is 0. The Hall–Kier alpha value is -1.90. The molecule has 0 saturated heterocycles. The van der Waals surface area contributed by atoms with Crippen molar-refractivity contribution in [3.05, 3.63) is 29.6 Å². The van der Waals surface area contributed by atoms with Crippen molar-refractivity contribution in [2.24, 2.45) is 4.99 Å². The van der Waals surface area contributed by atoms with Crippen molar-refractivity contribution in [3.8, 4) is 6.19 Å². The Bertz CT molecular complexity index is 426. The molecule has 1 aromatic rings. The van der Waals surface area contributed by atoms with Crippen molar-refractivity contribution in [1.82, 2.24) is 4.98 Å². The molecular formula is C10H8F3N3. The van der Waals surface area contributed by atoms with E-state index in [1.807, 2.05) is 0 Å². The van der Waals surface area contributed by atoms with E-state index in [4.69, 9.17) is 5.26 Å². The van der Waals surface area contributed by atoms with Gasteiger partial charge in [0.1, 0.15) is 5.69 Å². The van der Waals surface area contributed by atoms with Crippen LogP contribution in [0.1, 0.15) is 18.2 Å². The monoisotopic (exact) mass is 227 g/mol. The van der Waals surface area contributed by atoms with E-state index in [0.29, 0.717) is 17.7 Å². The van der Waals surface area contributed by atoms with Gasteiger partial charge in [-0.3, -0.25) is 4.98 Å². The van der Waals surface area contributed by atoms with E-state index in [-0.39, 0.29) is 0 Å². The van der Waals surface area contributed by atoms with E-state index in [2.05, 4.69) is 9.98 Å². The SMILES string of the molecule is CC(Cc1ccc(C(F)(F)F)nc1)=NC#N. The highest BCUT2D eigenvalue weighted by atomic mass is 19.4. The van der Waals surface area contributed by atoms with Crippen LogP contribution >= 0.6 is 0 Å². The minimum atomic E-state index is -4.42. The van der Waals surface area contributed by atoms with E-state index in [1.54, 1.807) is 13.1 Å². The number of halogens is 3. The molecule has 0 spiro atoms. The summed E-state index contributed by atoms with van der Waals surface area (Å²) < 4.78 is 36.5. The second kappa shape index (κ2) is 4.75. The lowest BCUT2D eigenvalue weighted by Gasteiger charge is -2.05. The van der Waals surface area contributed by atoms with Crippen LogP contribution in [0.3, 0.4) is 0 Å². The van der Waals surface area contributed by atoms with Gasteiger partial charge in [0.15, 0.2) is 0 Å². The van der Waals surface area contributed by atoms with Crippen molar-refractivity contribution in [1.29, 1.82) is 5.26 Å². The van der Waals surface area contributed by atoms with E-state index in [0.717, 1.165) is 12.3 Å². The minimum absolute atomic E-state index is 0.318. The Morgan fingerprint density at radius 1 is 1.50 bits per heavy atom. The molecule has 6 heteroatoms. The molecule has 0 aliphatic carbocycles. The van der Waals surface area contributed by atoms with Crippen LogP contribution < -0.4 is 0 Å². The molecular weight excluding hydrogens is 219 g/mol. The Kier molecular flexibility index (Phi) is 3.61. The Labute approximate surface area is 90.3 Å².